The van der Waals surface area contributed by atoms with Crippen LogP contribution in [-0.2, 0) is 5.54 Å². The topological polar surface area (TPSA) is 37.8 Å². The summed E-state index contributed by atoms with van der Waals surface area (Å²) in [4.78, 5) is 13.0. The van der Waals surface area contributed by atoms with E-state index >= 15 is 0 Å². The summed E-state index contributed by atoms with van der Waals surface area (Å²) in [6.45, 7) is 0. The molecule has 1 saturated carbocycles. The van der Waals surface area contributed by atoms with E-state index in [1.165, 1.54) is 0 Å². The number of nitrogens with zero attached hydrogens (tertiary/aromatic N) is 1. The molecule has 1 aromatic heterocycles. The van der Waals surface area contributed by atoms with Crippen molar-refractivity contribution >= 4 is 12.2 Å². The zero-order valence-corrected chi connectivity index (χ0v) is 8.28. The second-order valence-corrected chi connectivity index (χ2v) is 3.90. The summed E-state index contributed by atoms with van der Waals surface area (Å²) in [6.07, 6.45) is -3.21. The lowest BCUT2D eigenvalue weighted by molar-refractivity contribution is -0.180. The van der Waals surface area contributed by atoms with E-state index in [1.54, 1.807) is 0 Å². The van der Waals surface area contributed by atoms with Gasteiger partial charge in [0.1, 0.15) is 5.54 Å². The van der Waals surface area contributed by atoms with Gasteiger partial charge in [-0.25, -0.2) is 0 Å². The molecule has 82 valence electrons. The summed E-state index contributed by atoms with van der Waals surface area (Å²) in [5, 5.41) is 0. The Balaban J connectivity index is 2.57. The van der Waals surface area contributed by atoms with E-state index in [4.69, 9.17) is 12.2 Å². The van der Waals surface area contributed by atoms with Crippen molar-refractivity contribution in [1.29, 1.82) is 0 Å². The molecule has 3 nitrogen and oxygen atoms in total. The zero-order valence-electron chi connectivity index (χ0n) is 7.47. The quantitative estimate of drug-likeness (QED) is 0.757. The molecule has 7 heteroatoms. The SMILES string of the molecule is O=c1ccn(C2(C(F)(F)F)CC2)c(=S)[nH]1. The minimum atomic E-state index is -4.33. The highest BCUT2D eigenvalue weighted by atomic mass is 32.1. The summed E-state index contributed by atoms with van der Waals surface area (Å²) in [5.41, 5.74) is -2.39. The highest BCUT2D eigenvalue weighted by molar-refractivity contribution is 7.71. The first-order valence-corrected chi connectivity index (χ1v) is 4.67. The summed E-state index contributed by atoms with van der Waals surface area (Å²) in [6, 6.07) is 1.04. The Morgan fingerprint density at radius 3 is 2.47 bits per heavy atom. The highest BCUT2D eigenvalue weighted by Crippen LogP contribution is 2.55. The summed E-state index contributed by atoms with van der Waals surface area (Å²) >= 11 is 4.70. The third kappa shape index (κ3) is 1.50. The van der Waals surface area contributed by atoms with Crippen molar-refractivity contribution in [2.75, 3.05) is 0 Å². The monoisotopic (exact) mass is 236 g/mol. The van der Waals surface area contributed by atoms with Gasteiger partial charge in [0.15, 0.2) is 4.77 Å². The highest BCUT2D eigenvalue weighted by Gasteiger charge is 2.64. The number of alkyl halides is 3. The largest absolute Gasteiger partial charge is 0.412 e. The lowest BCUT2D eigenvalue weighted by Gasteiger charge is -2.22. The first-order chi connectivity index (χ1) is 6.87. The molecular formula is C8H7F3N2OS. The standard InChI is InChI=1S/C8H7F3N2OS/c9-8(10,11)7(2-3-7)13-4-1-5(14)12-6(13)15/h1,4H,2-3H2,(H,12,14,15). The maximum absolute atomic E-state index is 12.7. The van der Waals surface area contributed by atoms with Crippen molar-refractivity contribution in [2.45, 2.75) is 24.6 Å². The molecule has 0 aromatic carbocycles. The molecule has 1 fully saturated rings. The molecule has 15 heavy (non-hydrogen) atoms. The molecule has 0 spiro atoms. The van der Waals surface area contributed by atoms with Crippen LogP contribution < -0.4 is 5.56 Å². The molecule has 1 aliphatic carbocycles. The van der Waals surface area contributed by atoms with E-state index in [0.29, 0.717) is 0 Å². The van der Waals surface area contributed by atoms with Crippen molar-refractivity contribution in [3.63, 3.8) is 0 Å². The molecule has 0 unspecified atom stereocenters. The molecule has 1 aromatic rings. The Hall–Kier alpha value is -1.11. The van der Waals surface area contributed by atoms with Crippen LogP contribution in [-0.4, -0.2) is 15.7 Å². The van der Waals surface area contributed by atoms with E-state index < -0.39 is 17.3 Å². The van der Waals surface area contributed by atoms with Crippen molar-refractivity contribution < 1.29 is 13.2 Å². The summed E-state index contributed by atoms with van der Waals surface area (Å²) in [7, 11) is 0. The number of nitrogens with one attached hydrogen (secondary N) is 1. The van der Waals surface area contributed by atoms with E-state index in [1.807, 2.05) is 0 Å². The van der Waals surface area contributed by atoms with Crippen LogP contribution in [0.15, 0.2) is 17.1 Å². The van der Waals surface area contributed by atoms with Crippen LogP contribution in [0.3, 0.4) is 0 Å². The molecule has 0 amide bonds. The van der Waals surface area contributed by atoms with Gasteiger partial charge in [0.25, 0.3) is 5.56 Å². The second-order valence-electron chi connectivity index (χ2n) is 3.51. The smallest absolute Gasteiger partial charge is 0.310 e. The molecule has 0 atom stereocenters. The first kappa shape index (κ1) is 10.4. The van der Waals surface area contributed by atoms with E-state index in [2.05, 4.69) is 4.98 Å². The molecule has 1 N–H and O–H groups in total. The second kappa shape index (κ2) is 2.94. The number of aromatic amines is 1. The molecule has 0 radical (unpaired) electrons. The Morgan fingerprint density at radius 2 is 2.07 bits per heavy atom. The molecule has 0 saturated heterocycles. The van der Waals surface area contributed by atoms with Crippen LogP contribution in [0, 0.1) is 4.77 Å². The van der Waals surface area contributed by atoms with Crippen molar-refractivity contribution in [1.82, 2.24) is 9.55 Å². The van der Waals surface area contributed by atoms with Gasteiger partial charge < -0.3 is 4.57 Å². The van der Waals surface area contributed by atoms with Gasteiger partial charge in [-0.3, -0.25) is 9.78 Å². The van der Waals surface area contributed by atoms with Crippen LogP contribution >= 0.6 is 12.2 Å². The van der Waals surface area contributed by atoms with E-state index in [9.17, 15) is 18.0 Å². The van der Waals surface area contributed by atoms with Crippen LogP contribution in [0.25, 0.3) is 0 Å². The molecule has 2 rings (SSSR count). The Morgan fingerprint density at radius 1 is 1.47 bits per heavy atom. The number of hydrogen-bond donors (Lipinski definition) is 1. The predicted molar refractivity (Wildman–Crippen MR) is 49.1 cm³/mol. The minimum absolute atomic E-state index is 0.0108. The lowest BCUT2D eigenvalue weighted by atomic mass is 10.2. The van der Waals surface area contributed by atoms with Gasteiger partial charge in [0, 0.05) is 12.3 Å². The van der Waals surface area contributed by atoms with Gasteiger partial charge in [-0.15, -0.1) is 0 Å². The Labute approximate surface area is 87.6 Å². The summed E-state index contributed by atoms with van der Waals surface area (Å²) < 4.78 is 38.8. The predicted octanol–water partition coefficient (Wildman–Crippen LogP) is 1.96. The van der Waals surface area contributed by atoms with Gasteiger partial charge in [0.05, 0.1) is 0 Å². The third-order valence-corrected chi connectivity index (χ3v) is 2.84. The normalized spacial score (nSPS) is 18.9. The van der Waals surface area contributed by atoms with Crippen molar-refractivity contribution in [2.24, 2.45) is 0 Å². The minimum Gasteiger partial charge on any atom is -0.310 e. The van der Waals surface area contributed by atoms with Gasteiger partial charge >= 0.3 is 6.18 Å². The van der Waals surface area contributed by atoms with Gasteiger partial charge in [-0.1, -0.05) is 0 Å². The van der Waals surface area contributed by atoms with E-state index in [0.717, 1.165) is 16.8 Å². The van der Waals surface area contributed by atoms with Crippen LogP contribution in [0.4, 0.5) is 13.2 Å². The molecule has 0 aliphatic heterocycles. The first-order valence-electron chi connectivity index (χ1n) is 4.26. The molecular weight excluding hydrogens is 229 g/mol. The Kier molecular flexibility index (Phi) is 2.04. The molecule has 1 aliphatic rings. The van der Waals surface area contributed by atoms with Gasteiger partial charge in [-0.2, -0.15) is 13.2 Å². The summed E-state index contributed by atoms with van der Waals surface area (Å²) in [5.74, 6) is 0. The number of rotatable bonds is 1. The third-order valence-electron chi connectivity index (χ3n) is 2.54. The fourth-order valence-corrected chi connectivity index (χ4v) is 1.87. The van der Waals surface area contributed by atoms with Crippen molar-refractivity contribution in [3.8, 4) is 0 Å². The van der Waals surface area contributed by atoms with Gasteiger partial charge in [-0.05, 0) is 25.1 Å². The average Bonchev–Trinajstić information content (AvgIpc) is 2.83. The number of H-pyrrole nitrogens is 1. The van der Waals surface area contributed by atoms with Crippen LogP contribution in [0.2, 0.25) is 0 Å². The zero-order chi connectivity index (χ0) is 11.3. The maximum Gasteiger partial charge on any atom is 0.412 e. The van der Waals surface area contributed by atoms with Gasteiger partial charge in [0.2, 0.25) is 0 Å². The van der Waals surface area contributed by atoms with Crippen molar-refractivity contribution in [3.05, 3.63) is 27.4 Å². The van der Waals surface area contributed by atoms with E-state index in [-0.39, 0.29) is 17.6 Å². The number of halogens is 3. The average molecular weight is 236 g/mol. The number of aromatic nitrogens is 2. The maximum atomic E-state index is 12.7. The fourth-order valence-electron chi connectivity index (χ4n) is 1.53. The Bertz CT molecular complexity index is 498. The van der Waals surface area contributed by atoms with Crippen LogP contribution in [0.5, 0.6) is 0 Å². The molecule has 1 heterocycles. The van der Waals surface area contributed by atoms with Crippen LogP contribution in [0.1, 0.15) is 12.8 Å². The lowest BCUT2D eigenvalue weighted by Crippen LogP contribution is -2.36. The fraction of sp³-hybridized carbons (Fsp3) is 0.500. The molecule has 0 bridgehead atoms. The number of hydrogen-bond acceptors (Lipinski definition) is 2.